The maximum Gasteiger partial charge on any atom is 0.334 e. The molecule has 3 aliphatic rings. The molecule has 2 atom stereocenters. The van der Waals surface area contributed by atoms with Crippen molar-refractivity contribution in [3.8, 4) is 0 Å². The third-order valence-corrected chi connectivity index (χ3v) is 4.47. The molecule has 0 amide bonds. The van der Waals surface area contributed by atoms with E-state index >= 15 is 0 Å². The lowest BCUT2D eigenvalue weighted by Crippen LogP contribution is -2.18. The van der Waals surface area contributed by atoms with Gasteiger partial charge in [-0.25, -0.2) is 4.79 Å². The fourth-order valence-corrected chi connectivity index (χ4v) is 3.41. The quantitative estimate of drug-likeness (QED) is 0.471. The summed E-state index contributed by atoms with van der Waals surface area (Å²) in [5, 5.41) is 0. The Kier molecular flexibility index (Phi) is 2.29. The fourth-order valence-electron chi connectivity index (χ4n) is 3.41. The van der Waals surface area contributed by atoms with Crippen molar-refractivity contribution >= 4 is 5.97 Å². The Morgan fingerprint density at radius 3 is 2.71 bits per heavy atom. The lowest BCUT2D eigenvalue weighted by atomic mass is 9.88. The number of carbonyl (C=O) groups excluding carboxylic acids is 1. The first kappa shape index (κ1) is 10.8. The Balaban J connectivity index is 2.11. The molecule has 3 rings (SSSR count). The average molecular weight is 230 g/mol. The number of esters is 1. The van der Waals surface area contributed by atoms with E-state index in [4.69, 9.17) is 4.74 Å². The van der Waals surface area contributed by atoms with Crippen LogP contribution < -0.4 is 0 Å². The third-order valence-electron chi connectivity index (χ3n) is 4.47. The molecule has 0 saturated carbocycles. The summed E-state index contributed by atoms with van der Waals surface area (Å²) in [6, 6.07) is 0. The van der Waals surface area contributed by atoms with Gasteiger partial charge in [-0.1, -0.05) is 17.7 Å². The first-order chi connectivity index (χ1) is 8.09. The minimum atomic E-state index is -0.189. The monoisotopic (exact) mass is 230 g/mol. The molecule has 0 radical (unpaired) electrons. The smallest absolute Gasteiger partial charge is 0.334 e. The normalized spacial score (nSPS) is 32.6. The number of ether oxygens (including phenoxy) is 1. The van der Waals surface area contributed by atoms with E-state index in [1.807, 2.05) is 0 Å². The number of rotatable bonds is 0. The predicted octanol–water partition coefficient (Wildman–Crippen LogP) is 3.30. The van der Waals surface area contributed by atoms with Gasteiger partial charge in [-0.3, -0.25) is 0 Å². The van der Waals surface area contributed by atoms with Gasteiger partial charge in [0, 0.05) is 11.5 Å². The van der Waals surface area contributed by atoms with Gasteiger partial charge in [-0.2, -0.15) is 0 Å². The second kappa shape index (κ2) is 3.59. The molecule has 0 aromatic carbocycles. The molecule has 1 heterocycles. The van der Waals surface area contributed by atoms with Crippen LogP contribution in [0.4, 0.5) is 0 Å². The van der Waals surface area contributed by atoms with Crippen LogP contribution in [-0.4, -0.2) is 12.1 Å². The summed E-state index contributed by atoms with van der Waals surface area (Å²) in [5.41, 5.74) is 6.33. The number of hydrogen-bond acceptors (Lipinski definition) is 2. The Bertz CT molecular complexity index is 479. The largest absolute Gasteiger partial charge is 0.453 e. The predicted molar refractivity (Wildman–Crippen MR) is 66.4 cm³/mol. The molecule has 0 spiro atoms. The first-order valence-corrected chi connectivity index (χ1v) is 6.38. The van der Waals surface area contributed by atoms with Crippen molar-refractivity contribution in [3.63, 3.8) is 0 Å². The van der Waals surface area contributed by atoms with E-state index in [0.717, 1.165) is 25.7 Å². The van der Waals surface area contributed by atoms with Gasteiger partial charge in [-0.15, -0.1) is 0 Å². The van der Waals surface area contributed by atoms with Crippen molar-refractivity contribution in [3.05, 3.63) is 34.4 Å². The van der Waals surface area contributed by atoms with E-state index in [0.29, 0.717) is 5.57 Å². The molecule has 17 heavy (non-hydrogen) atoms. The van der Waals surface area contributed by atoms with Crippen LogP contribution in [0, 0.1) is 5.92 Å². The topological polar surface area (TPSA) is 26.3 Å². The molecule has 0 aromatic heterocycles. The molecular weight excluding hydrogens is 212 g/mol. The average Bonchev–Trinajstić information content (AvgIpc) is 2.75. The highest BCUT2D eigenvalue weighted by molar-refractivity contribution is 5.91. The summed E-state index contributed by atoms with van der Waals surface area (Å²) < 4.78 is 5.56. The van der Waals surface area contributed by atoms with Gasteiger partial charge in [0.05, 0.1) is 0 Å². The van der Waals surface area contributed by atoms with Crippen LogP contribution in [-0.2, 0) is 9.53 Å². The summed E-state index contributed by atoms with van der Waals surface area (Å²) in [7, 11) is 0. The summed E-state index contributed by atoms with van der Waals surface area (Å²) >= 11 is 0. The van der Waals surface area contributed by atoms with Gasteiger partial charge >= 0.3 is 5.97 Å². The minimum absolute atomic E-state index is 0.0371. The van der Waals surface area contributed by atoms with E-state index < -0.39 is 0 Å². The van der Waals surface area contributed by atoms with Crippen LogP contribution in [0.1, 0.15) is 39.5 Å². The molecule has 1 aliphatic heterocycles. The highest BCUT2D eigenvalue weighted by atomic mass is 16.6. The molecule has 2 heteroatoms. The van der Waals surface area contributed by atoms with Crippen molar-refractivity contribution in [1.29, 1.82) is 0 Å². The van der Waals surface area contributed by atoms with E-state index in [-0.39, 0.29) is 18.0 Å². The van der Waals surface area contributed by atoms with E-state index in [2.05, 4.69) is 20.4 Å². The maximum absolute atomic E-state index is 11.7. The number of fused-ring (bicyclic) bond motifs is 3. The Morgan fingerprint density at radius 2 is 1.94 bits per heavy atom. The van der Waals surface area contributed by atoms with Crippen LogP contribution in [0.2, 0.25) is 0 Å². The molecule has 0 bridgehead atoms. The van der Waals surface area contributed by atoms with Gasteiger partial charge in [0.2, 0.25) is 0 Å². The highest BCUT2D eigenvalue weighted by Crippen LogP contribution is 2.47. The van der Waals surface area contributed by atoms with Crippen LogP contribution in [0.15, 0.2) is 34.4 Å². The van der Waals surface area contributed by atoms with Crippen molar-refractivity contribution in [1.82, 2.24) is 0 Å². The van der Waals surface area contributed by atoms with Gasteiger partial charge < -0.3 is 4.74 Å². The zero-order chi connectivity index (χ0) is 12.2. The summed E-state index contributed by atoms with van der Waals surface area (Å²) in [6.45, 7) is 8.31. The van der Waals surface area contributed by atoms with Crippen molar-refractivity contribution in [2.75, 3.05) is 0 Å². The SMILES string of the molecule is C=C1C(=O)O[C@@H]2C3=C(C)CCC3=C(C)CC[C@@H]12. The second-order valence-corrected chi connectivity index (χ2v) is 5.45. The number of carbonyl (C=O) groups is 1. The maximum atomic E-state index is 11.7. The Hall–Kier alpha value is -1.31. The molecule has 0 N–H and O–H groups in total. The van der Waals surface area contributed by atoms with Crippen LogP contribution >= 0.6 is 0 Å². The third kappa shape index (κ3) is 1.43. The van der Waals surface area contributed by atoms with Gasteiger partial charge in [0.25, 0.3) is 0 Å². The van der Waals surface area contributed by atoms with Crippen molar-refractivity contribution in [2.45, 2.75) is 45.6 Å². The molecule has 2 nitrogen and oxygen atoms in total. The number of allylic oxidation sites excluding steroid dienone is 2. The van der Waals surface area contributed by atoms with Gasteiger partial charge in [0.15, 0.2) is 0 Å². The van der Waals surface area contributed by atoms with Gasteiger partial charge in [0.1, 0.15) is 6.10 Å². The molecule has 1 saturated heterocycles. The fraction of sp³-hybridized carbons (Fsp3) is 0.533. The van der Waals surface area contributed by atoms with Gasteiger partial charge in [-0.05, 0) is 50.7 Å². The van der Waals surface area contributed by atoms with E-state index in [1.165, 1.54) is 22.3 Å². The number of hydrogen-bond donors (Lipinski definition) is 0. The highest BCUT2D eigenvalue weighted by Gasteiger charge is 2.44. The second-order valence-electron chi connectivity index (χ2n) is 5.45. The first-order valence-electron chi connectivity index (χ1n) is 6.38. The Labute approximate surface area is 102 Å². The Morgan fingerprint density at radius 1 is 1.18 bits per heavy atom. The van der Waals surface area contributed by atoms with E-state index in [1.54, 1.807) is 0 Å². The van der Waals surface area contributed by atoms with Crippen LogP contribution in [0.3, 0.4) is 0 Å². The molecule has 0 unspecified atom stereocenters. The summed E-state index contributed by atoms with van der Waals surface area (Å²) in [4.78, 5) is 11.7. The lowest BCUT2D eigenvalue weighted by Gasteiger charge is -2.18. The molecular formula is C15H18O2. The zero-order valence-electron chi connectivity index (χ0n) is 10.5. The molecule has 2 aliphatic carbocycles. The van der Waals surface area contributed by atoms with Crippen LogP contribution in [0.5, 0.6) is 0 Å². The molecule has 0 aromatic rings. The standard InChI is InChI=1S/C15H18O2/c1-8-4-7-12-10(3)15(16)17-14(12)13-9(2)5-6-11(8)13/h12,14H,3-7H2,1-2H3/t12-,14-/m0/s1. The molecule has 1 fully saturated rings. The lowest BCUT2D eigenvalue weighted by molar-refractivity contribution is -0.137. The zero-order valence-corrected chi connectivity index (χ0v) is 10.5. The summed E-state index contributed by atoms with van der Waals surface area (Å²) in [6.07, 6.45) is 4.28. The van der Waals surface area contributed by atoms with Crippen LogP contribution in [0.25, 0.3) is 0 Å². The summed E-state index contributed by atoms with van der Waals surface area (Å²) in [5.74, 6) is 0.0177. The van der Waals surface area contributed by atoms with Crippen molar-refractivity contribution in [2.24, 2.45) is 5.92 Å². The van der Waals surface area contributed by atoms with E-state index in [9.17, 15) is 4.79 Å². The van der Waals surface area contributed by atoms with Crippen molar-refractivity contribution < 1.29 is 9.53 Å². The molecule has 90 valence electrons. The minimum Gasteiger partial charge on any atom is -0.453 e.